The molecule has 0 heterocycles. The molecule has 3 rings (SSSR count). The fourth-order valence-electron chi connectivity index (χ4n) is 9.48. The van der Waals surface area contributed by atoms with Crippen LogP contribution in [0, 0.1) is 0 Å². The molecule has 16 heteroatoms. The van der Waals surface area contributed by atoms with Gasteiger partial charge in [-0.25, -0.2) is 0 Å². The monoisotopic (exact) mass is 1300 g/mol. The van der Waals surface area contributed by atoms with Crippen molar-refractivity contribution in [2.75, 3.05) is 0 Å². The largest absolute Gasteiger partial charge is 6.00 e. The zero-order valence-electron chi connectivity index (χ0n) is 47.8. The molecule has 3 unspecified atom stereocenters. The van der Waals surface area contributed by atoms with Crippen molar-refractivity contribution in [3.05, 3.63) is 88.0 Å². The van der Waals surface area contributed by atoms with E-state index in [1.165, 1.54) is 207 Å². The van der Waals surface area contributed by atoms with E-state index in [0.717, 1.165) is 57.8 Å². The maximum Gasteiger partial charge on any atom is 6.00 e. The van der Waals surface area contributed by atoms with Gasteiger partial charge in [-0.1, -0.05) is 285 Å². The Bertz CT molecular complexity index is 1820. The van der Waals surface area contributed by atoms with Gasteiger partial charge in [0.25, 0.3) is 0 Å². The molecule has 0 aromatic heterocycles. The van der Waals surface area contributed by atoms with Gasteiger partial charge in [-0.05, 0) is 129 Å². The first-order chi connectivity index (χ1) is 35.9. The molecule has 0 spiro atoms. The summed E-state index contributed by atoms with van der Waals surface area (Å²) in [6.45, 7) is 13.4. The number of hydrogen-bond donors (Lipinski definition) is 0. The van der Waals surface area contributed by atoms with Crippen LogP contribution in [0.3, 0.4) is 0 Å². The van der Waals surface area contributed by atoms with Crippen LogP contribution in [0.2, 0.25) is 0 Å². The standard InChI is InChI=1S/3C20H35O2PS2.Mo/c3*1-3-5-7-9-11-14-18-15-13-17-20(22-23(21,24)25)19(18)16-12-10-8-6-4-2;/h3*13,15,17H,3-12,14,16H2,1-2H3,(H2,21,24,25);/q;;;+6/p-6. The SMILES string of the molecule is CCCCCCCc1cccc(OP([O-])(=S)[S-])c1CCCCCCC.CCCCCCCc1cccc(OP([O-])(=S)[S-])c1CCCCCCC.CCCCCCCc1cccc(OP([O-])(=S)[S-])c1CCCCCCC.[Mo+6]. The van der Waals surface area contributed by atoms with E-state index < -0.39 is 17.1 Å². The number of hydrogen-bond acceptors (Lipinski definition) is 12. The van der Waals surface area contributed by atoms with Crippen LogP contribution in [0.1, 0.15) is 268 Å². The Morgan fingerprint density at radius 1 is 0.316 bits per heavy atom. The van der Waals surface area contributed by atoms with Crippen molar-refractivity contribution in [1.29, 1.82) is 0 Å². The summed E-state index contributed by atoms with van der Waals surface area (Å²) in [6.07, 6.45) is 43.4. The first-order valence-corrected chi connectivity index (χ1v) is 40.4. The third-order valence-electron chi connectivity index (χ3n) is 13.6. The molecule has 3 aromatic carbocycles. The fraction of sp³-hybridized carbons (Fsp3) is 0.700. The fourth-order valence-corrected chi connectivity index (χ4v) is 12.2. The quantitative estimate of drug-likeness (QED) is 0.0234. The van der Waals surface area contributed by atoms with Gasteiger partial charge < -0.3 is 65.0 Å². The van der Waals surface area contributed by atoms with Crippen molar-refractivity contribution in [2.24, 2.45) is 0 Å². The second-order valence-corrected chi connectivity index (χ2v) is 34.2. The van der Waals surface area contributed by atoms with Crippen molar-refractivity contribution in [2.45, 2.75) is 273 Å². The molecule has 0 aliphatic rings. The van der Waals surface area contributed by atoms with Crippen LogP contribution in [-0.4, -0.2) is 0 Å². The van der Waals surface area contributed by atoms with Crippen LogP contribution in [0.15, 0.2) is 54.6 Å². The van der Waals surface area contributed by atoms with Crippen LogP contribution >= 0.6 is 17.1 Å². The molecule has 0 amide bonds. The second kappa shape index (κ2) is 48.0. The van der Waals surface area contributed by atoms with Crippen molar-refractivity contribution < 1.29 is 49.3 Å². The van der Waals surface area contributed by atoms with Gasteiger partial charge in [-0.2, -0.15) is 0 Å². The smallest absolute Gasteiger partial charge is 0.809 e. The zero-order chi connectivity index (χ0) is 55.6. The average molecular weight is 1300 g/mol. The summed E-state index contributed by atoms with van der Waals surface area (Å²) < 4.78 is 16.4. The Kier molecular flexibility index (Phi) is 48.4. The van der Waals surface area contributed by atoms with Crippen LogP contribution < -0.4 is 28.3 Å². The molecule has 76 heavy (non-hydrogen) atoms. The van der Waals surface area contributed by atoms with Crippen molar-refractivity contribution in [3.63, 3.8) is 0 Å². The van der Waals surface area contributed by atoms with Crippen molar-refractivity contribution in [3.8, 4) is 17.2 Å². The van der Waals surface area contributed by atoms with E-state index in [1.54, 1.807) is 0 Å². The third kappa shape index (κ3) is 40.8. The first kappa shape index (κ1) is 76.6. The molecule has 0 saturated heterocycles. The summed E-state index contributed by atoms with van der Waals surface area (Å²) in [5.41, 5.74) is -2.64. The van der Waals surface area contributed by atoms with Crippen LogP contribution in [0.5, 0.6) is 17.2 Å². The van der Waals surface area contributed by atoms with Gasteiger partial charge in [-0.3, -0.25) is 0 Å². The van der Waals surface area contributed by atoms with Gasteiger partial charge in [0.15, 0.2) is 0 Å². The molecule has 3 atom stereocenters. The molecule has 0 aliphatic heterocycles. The van der Waals surface area contributed by atoms with Gasteiger partial charge in [-0.15, -0.1) is 0 Å². The van der Waals surface area contributed by atoms with E-state index in [9.17, 15) is 14.7 Å². The van der Waals surface area contributed by atoms with Crippen molar-refractivity contribution in [1.82, 2.24) is 0 Å². The Labute approximate surface area is 512 Å². The predicted octanol–water partition coefficient (Wildman–Crippen LogP) is 18.7. The molecule has 3 aromatic rings. The maximum absolute atomic E-state index is 11.8. The number of unbranched alkanes of at least 4 members (excludes halogenated alkanes) is 24. The molecule has 0 bridgehead atoms. The maximum atomic E-state index is 11.8. The Morgan fingerprint density at radius 2 is 0.500 bits per heavy atom. The Hall–Kier alpha value is 0.628. The minimum Gasteiger partial charge on any atom is -0.809 e. The summed E-state index contributed by atoms with van der Waals surface area (Å²) in [5, 5.41) is 0. The zero-order valence-corrected chi connectivity index (χ0v) is 57.4. The summed E-state index contributed by atoms with van der Waals surface area (Å²) in [5.74, 6) is 1.94. The van der Waals surface area contributed by atoms with Crippen LogP contribution in [-0.2, 0) is 132 Å². The van der Waals surface area contributed by atoms with E-state index in [-0.39, 0.29) is 21.1 Å². The van der Waals surface area contributed by atoms with Gasteiger partial charge in [0, 0.05) is 0 Å². The van der Waals surface area contributed by atoms with Gasteiger partial charge >= 0.3 is 21.1 Å². The molecular formula is C60H99MoO6P3S6. The number of rotatable bonds is 42. The summed E-state index contributed by atoms with van der Waals surface area (Å²) in [6, 6.07) is 18.0. The molecule has 432 valence electrons. The molecule has 0 N–H and O–H groups in total. The summed E-state index contributed by atoms with van der Waals surface area (Å²) in [4.78, 5) is 35.4. The Morgan fingerprint density at radius 3 is 0.684 bits per heavy atom. The molecule has 0 aliphatic carbocycles. The normalized spacial score (nSPS) is 13.4. The van der Waals surface area contributed by atoms with E-state index in [1.807, 2.05) is 36.4 Å². The van der Waals surface area contributed by atoms with Gasteiger partial charge in [0.05, 0.1) is 0 Å². The summed E-state index contributed by atoms with van der Waals surface area (Å²) >= 11 is 28.9. The minimum atomic E-state index is -3.36. The average Bonchev–Trinajstić information content (AvgIpc) is 3.34. The topological polar surface area (TPSA) is 96.9 Å². The minimum absolute atomic E-state index is 0. The molecule has 6 nitrogen and oxygen atoms in total. The summed E-state index contributed by atoms with van der Waals surface area (Å²) in [7, 11) is 0. The van der Waals surface area contributed by atoms with E-state index in [2.05, 4.69) is 59.7 Å². The van der Waals surface area contributed by atoms with Crippen molar-refractivity contribution >= 4 is 89.2 Å². The predicted molar refractivity (Wildman–Crippen MR) is 341 cm³/mol. The van der Waals surface area contributed by atoms with E-state index in [4.69, 9.17) is 85.7 Å². The van der Waals surface area contributed by atoms with E-state index in [0.29, 0.717) is 17.2 Å². The molecule has 0 saturated carbocycles. The number of benzene rings is 3. The van der Waals surface area contributed by atoms with Gasteiger partial charge in [0.2, 0.25) is 0 Å². The molecule has 0 fully saturated rings. The van der Waals surface area contributed by atoms with Crippen LogP contribution in [0.4, 0.5) is 0 Å². The first-order valence-electron chi connectivity index (χ1n) is 29.4. The molecule has 0 radical (unpaired) electrons. The second-order valence-electron chi connectivity index (χ2n) is 20.3. The third-order valence-corrected chi connectivity index (χ3v) is 16.2. The number of aryl methyl sites for hydroxylation is 3. The van der Waals surface area contributed by atoms with Gasteiger partial charge in [0.1, 0.15) is 17.2 Å². The van der Waals surface area contributed by atoms with E-state index >= 15 is 0 Å². The molecular weight excluding hydrogens is 1200 g/mol. The van der Waals surface area contributed by atoms with Crippen LogP contribution in [0.25, 0.3) is 0 Å². The Balaban J connectivity index is 0.00000110.